The Hall–Kier alpha value is -1.79. The number of ether oxygens (including phenoxy) is 2. The highest BCUT2D eigenvalue weighted by Crippen LogP contribution is 2.27. The molecule has 0 unspecified atom stereocenters. The van der Waals surface area contributed by atoms with Crippen LogP contribution in [0.1, 0.15) is 31.7 Å². The number of benzene rings is 1. The normalized spacial score (nSPS) is 16.3. The SMILES string of the molecule is Cc1ccc(Cl)c(O[C@@H](C)C(=O)N(CCC(=O)O)C2CCOCC2)c1. The zero-order chi connectivity index (χ0) is 18.4. The van der Waals surface area contributed by atoms with Gasteiger partial charge in [0.05, 0.1) is 11.4 Å². The van der Waals surface area contributed by atoms with Crippen molar-refractivity contribution < 1.29 is 24.2 Å². The van der Waals surface area contributed by atoms with Crippen LogP contribution in [0.5, 0.6) is 5.75 Å². The largest absolute Gasteiger partial charge is 0.481 e. The number of aryl methyl sites for hydroxylation is 1. The Morgan fingerprint density at radius 2 is 2.08 bits per heavy atom. The van der Waals surface area contributed by atoms with Crippen molar-refractivity contribution in [2.75, 3.05) is 19.8 Å². The summed E-state index contributed by atoms with van der Waals surface area (Å²) in [5.74, 6) is -0.710. The van der Waals surface area contributed by atoms with Crippen molar-refractivity contribution in [1.82, 2.24) is 4.90 Å². The number of amides is 1. The molecule has 1 saturated heterocycles. The minimum absolute atomic E-state index is 0.0281. The molecule has 1 aromatic rings. The van der Waals surface area contributed by atoms with Crippen molar-refractivity contribution in [1.29, 1.82) is 0 Å². The van der Waals surface area contributed by atoms with Crippen LogP contribution >= 0.6 is 11.6 Å². The van der Waals surface area contributed by atoms with E-state index in [4.69, 9.17) is 26.2 Å². The minimum Gasteiger partial charge on any atom is -0.481 e. The van der Waals surface area contributed by atoms with Crippen LogP contribution in [0.2, 0.25) is 5.02 Å². The standard InChI is InChI=1S/C18H24ClNO5/c1-12-3-4-15(19)16(11-12)25-13(2)18(23)20(8-5-17(21)22)14-6-9-24-10-7-14/h3-4,11,13-14H,5-10H2,1-2H3,(H,21,22)/t13-/m0/s1. The quantitative estimate of drug-likeness (QED) is 0.799. The van der Waals surface area contributed by atoms with Gasteiger partial charge in [0.1, 0.15) is 5.75 Å². The van der Waals surface area contributed by atoms with Crippen LogP contribution in [-0.4, -0.2) is 53.8 Å². The first kappa shape index (κ1) is 19.5. The Morgan fingerprint density at radius 3 is 2.72 bits per heavy atom. The molecule has 0 radical (unpaired) electrons. The summed E-state index contributed by atoms with van der Waals surface area (Å²) in [6.45, 7) is 4.87. The van der Waals surface area contributed by atoms with E-state index in [-0.39, 0.29) is 24.9 Å². The van der Waals surface area contributed by atoms with Gasteiger partial charge in [-0.2, -0.15) is 0 Å². The smallest absolute Gasteiger partial charge is 0.305 e. The van der Waals surface area contributed by atoms with Crippen LogP contribution in [0.3, 0.4) is 0 Å². The Balaban J connectivity index is 2.10. The van der Waals surface area contributed by atoms with E-state index in [0.717, 1.165) is 5.56 Å². The molecule has 6 nitrogen and oxygen atoms in total. The Kier molecular flexibility index (Phi) is 7.08. The molecule has 0 bridgehead atoms. The highest BCUT2D eigenvalue weighted by Gasteiger charge is 2.30. The van der Waals surface area contributed by atoms with Crippen LogP contribution in [0.4, 0.5) is 0 Å². The topological polar surface area (TPSA) is 76.1 Å². The predicted molar refractivity (Wildman–Crippen MR) is 94.1 cm³/mol. The number of hydrogen-bond acceptors (Lipinski definition) is 4. The van der Waals surface area contributed by atoms with Crippen molar-refractivity contribution in [2.45, 2.75) is 45.3 Å². The molecule has 1 atom stereocenters. The third kappa shape index (κ3) is 5.61. The fourth-order valence-electron chi connectivity index (χ4n) is 2.86. The van der Waals surface area contributed by atoms with Crippen molar-refractivity contribution in [3.63, 3.8) is 0 Å². The van der Waals surface area contributed by atoms with Crippen LogP contribution in [0.15, 0.2) is 18.2 Å². The molecule has 138 valence electrons. The zero-order valence-electron chi connectivity index (χ0n) is 14.5. The van der Waals surface area contributed by atoms with E-state index < -0.39 is 12.1 Å². The number of carboxylic acids is 1. The maximum atomic E-state index is 12.9. The Morgan fingerprint density at radius 1 is 1.40 bits per heavy atom. The van der Waals surface area contributed by atoms with E-state index in [1.165, 1.54) is 0 Å². The number of halogens is 1. The van der Waals surface area contributed by atoms with Crippen molar-refractivity contribution >= 4 is 23.5 Å². The van der Waals surface area contributed by atoms with Crippen LogP contribution in [0, 0.1) is 6.92 Å². The number of carboxylic acid groups (broad SMARTS) is 1. The van der Waals surface area contributed by atoms with Crippen molar-refractivity contribution in [2.24, 2.45) is 0 Å². The summed E-state index contributed by atoms with van der Waals surface area (Å²) < 4.78 is 11.1. The summed E-state index contributed by atoms with van der Waals surface area (Å²) >= 11 is 6.13. The van der Waals surface area contributed by atoms with Gasteiger partial charge in [0.2, 0.25) is 0 Å². The van der Waals surface area contributed by atoms with Crippen molar-refractivity contribution in [3.8, 4) is 5.75 Å². The Bertz CT molecular complexity index is 615. The summed E-state index contributed by atoms with van der Waals surface area (Å²) in [6.07, 6.45) is 0.545. The maximum absolute atomic E-state index is 12.9. The van der Waals surface area contributed by atoms with Crippen LogP contribution in [0.25, 0.3) is 0 Å². The van der Waals surface area contributed by atoms with Gasteiger partial charge in [0.15, 0.2) is 6.10 Å². The van der Waals surface area contributed by atoms with E-state index >= 15 is 0 Å². The van der Waals surface area contributed by atoms with Gasteiger partial charge in [-0.25, -0.2) is 0 Å². The van der Waals surface area contributed by atoms with Gasteiger partial charge in [0, 0.05) is 25.8 Å². The lowest BCUT2D eigenvalue weighted by Crippen LogP contribution is -2.49. The lowest BCUT2D eigenvalue weighted by molar-refractivity contribution is -0.144. The molecule has 1 N–H and O–H groups in total. The number of carbonyl (C=O) groups is 2. The fourth-order valence-corrected chi connectivity index (χ4v) is 3.02. The van der Waals surface area contributed by atoms with Gasteiger partial charge < -0.3 is 19.5 Å². The molecule has 0 aromatic heterocycles. The molecule has 1 aliphatic rings. The molecule has 7 heteroatoms. The fraction of sp³-hybridized carbons (Fsp3) is 0.556. The summed E-state index contributed by atoms with van der Waals surface area (Å²) in [6, 6.07) is 5.34. The molecular formula is C18H24ClNO5. The molecule has 1 amide bonds. The molecular weight excluding hydrogens is 346 g/mol. The number of nitrogens with zero attached hydrogens (tertiary/aromatic N) is 1. The third-order valence-electron chi connectivity index (χ3n) is 4.22. The predicted octanol–water partition coefficient (Wildman–Crippen LogP) is 2.90. The lowest BCUT2D eigenvalue weighted by atomic mass is 10.1. The minimum atomic E-state index is -0.930. The number of rotatable bonds is 7. The maximum Gasteiger partial charge on any atom is 0.305 e. The van der Waals surface area contributed by atoms with Crippen LogP contribution < -0.4 is 4.74 Å². The molecule has 1 aromatic carbocycles. The first-order valence-electron chi connectivity index (χ1n) is 8.41. The molecule has 0 saturated carbocycles. The summed E-state index contributed by atoms with van der Waals surface area (Å²) in [5.41, 5.74) is 0.978. The molecule has 25 heavy (non-hydrogen) atoms. The summed E-state index contributed by atoms with van der Waals surface area (Å²) in [4.78, 5) is 25.4. The van der Waals surface area contributed by atoms with Gasteiger partial charge in [-0.3, -0.25) is 9.59 Å². The highest BCUT2D eigenvalue weighted by atomic mass is 35.5. The molecule has 1 aliphatic heterocycles. The Labute approximate surface area is 152 Å². The van der Waals surface area contributed by atoms with Crippen LogP contribution in [-0.2, 0) is 14.3 Å². The second-order valence-electron chi connectivity index (χ2n) is 6.21. The van der Waals surface area contributed by atoms with Gasteiger partial charge in [-0.15, -0.1) is 0 Å². The van der Waals surface area contributed by atoms with Crippen molar-refractivity contribution in [3.05, 3.63) is 28.8 Å². The van der Waals surface area contributed by atoms with E-state index in [1.54, 1.807) is 24.0 Å². The van der Waals surface area contributed by atoms with E-state index in [9.17, 15) is 9.59 Å². The number of hydrogen-bond donors (Lipinski definition) is 1. The molecule has 1 fully saturated rings. The first-order chi connectivity index (χ1) is 11.9. The van der Waals surface area contributed by atoms with Gasteiger partial charge >= 0.3 is 5.97 Å². The van der Waals surface area contributed by atoms with E-state index in [0.29, 0.717) is 36.8 Å². The lowest BCUT2D eigenvalue weighted by Gasteiger charge is -2.35. The zero-order valence-corrected chi connectivity index (χ0v) is 15.3. The molecule has 1 heterocycles. The first-order valence-corrected chi connectivity index (χ1v) is 8.79. The van der Waals surface area contributed by atoms with E-state index in [1.807, 2.05) is 13.0 Å². The van der Waals surface area contributed by atoms with E-state index in [2.05, 4.69) is 0 Å². The average molecular weight is 370 g/mol. The summed E-state index contributed by atoms with van der Waals surface area (Å²) in [5, 5.41) is 9.41. The average Bonchev–Trinajstić information content (AvgIpc) is 2.58. The molecule has 0 spiro atoms. The van der Waals surface area contributed by atoms with Gasteiger partial charge in [0.25, 0.3) is 5.91 Å². The van der Waals surface area contributed by atoms with Gasteiger partial charge in [-0.05, 0) is 44.4 Å². The molecule has 0 aliphatic carbocycles. The molecule has 2 rings (SSSR count). The second-order valence-corrected chi connectivity index (χ2v) is 6.62. The number of carbonyl (C=O) groups excluding carboxylic acids is 1. The number of aliphatic carboxylic acids is 1. The second kappa shape index (κ2) is 9.06. The third-order valence-corrected chi connectivity index (χ3v) is 4.53. The summed E-state index contributed by atoms with van der Waals surface area (Å²) in [7, 11) is 0. The monoisotopic (exact) mass is 369 g/mol. The highest BCUT2D eigenvalue weighted by molar-refractivity contribution is 6.32. The van der Waals surface area contributed by atoms with Gasteiger partial charge in [-0.1, -0.05) is 17.7 Å².